The predicted molar refractivity (Wildman–Crippen MR) is 73.4 cm³/mol. The lowest BCUT2D eigenvalue weighted by atomic mass is 9.68. The molecule has 3 N–H and O–H groups in total. The monoisotopic (exact) mass is 277 g/mol. The summed E-state index contributed by atoms with van der Waals surface area (Å²) in [6, 6.07) is 3.43. The zero-order chi connectivity index (χ0) is 14.1. The van der Waals surface area contributed by atoms with Crippen LogP contribution >= 0.6 is 0 Å². The summed E-state index contributed by atoms with van der Waals surface area (Å²) in [7, 11) is 1.36. The molecule has 3 rings (SSSR count). The molecule has 6 nitrogen and oxygen atoms in total. The number of carbonyl (C=O) groups excluding carboxylic acids is 1. The van der Waals surface area contributed by atoms with Crippen molar-refractivity contribution in [3.05, 3.63) is 23.9 Å². The average molecular weight is 277 g/mol. The highest BCUT2D eigenvalue weighted by atomic mass is 16.5. The van der Waals surface area contributed by atoms with Crippen LogP contribution in [0.3, 0.4) is 0 Å². The van der Waals surface area contributed by atoms with E-state index in [0.717, 1.165) is 19.4 Å². The van der Waals surface area contributed by atoms with Gasteiger partial charge in [-0.25, -0.2) is 9.78 Å². The first-order valence-electron chi connectivity index (χ1n) is 6.89. The van der Waals surface area contributed by atoms with Gasteiger partial charge in [0.2, 0.25) is 0 Å². The van der Waals surface area contributed by atoms with Crippen molar-refractivity contribution in [3.63, 3.8) is 0 Å². The molecule has 6 heteroatoms. The normalized spacial score (nSPS) is 31.9. The van der Waals surface area contributed by atoms with Crippen LogP contribution in [0.1, 0.15) is 23.2 Å². The van der Waals surface area contributed by atoms with Crippen LogP contribution in [-0.2, 0) is 9.47 Å². The van der Waals surface area contributed by atoms with Crippen molar-refractivity contribution in [1.82, 2.24) is 4.98 Å². The number of aromatic nitrogens is 1. The molecule has 0 radical (unpaired) electrons. The molecule has 108 valence electrons. The minimum atomic E-state index is -0.375. The first-order chi connectivity index (χ1) is 9.70. The highest BCUT2D eigenvalue weighted by Crippen LogP contribution is 2.38. The van der Waals surface area contributed by atoms with Crippen molar-refractivity contribution in [3.8, 4) is 0 Å². The highest BCUT2D eigenvalue weighted by molar-refractivity contribution is 5.90. The number of esters is 1. The number of carbonyl (C=O) groups is 1. The van der Waals surface area contributed by atoms with E-state index in [1.54, 1.807) is 18.3 Å². The molecule has 2 heterocycles. The van der Waals surface area contributed by atoms with Crippen molar-refractivity contribution >= 4 is 11.8 Å². The summed E-state index contributed by atoms with van der Waals surface area (Å²) in [6.45, 7) is 0.793. The van der Waals surface area contributed by atoms with Crippen LogP contribution in [0.15, 0.2) is 18.3 Å². The van der Waals surface area contributed by atoms with Crippen LogP contribution in [0.25, 0.3) is 0 Å². The minimum Gasteiger partial charge on any atom is -0.465 e. The van der Waals surface area contributed by atoms with Crippen LogP contribution < -0.4 is 11.1 Å². The number of hydrogen-bond acceptors (Lipinski definition) is 6. The summed E-state index contributed by atoms with van der Waals surface area (Å²) in [6.07, 6.45) is 3.94. The molecular weight excluding hydrogens is 258 g/mol. The minimum absolute atomic E-state index is 0.0562. The molecule has 1 aromatic heterocycles. The zero-order valence-corrected chi connectivity index (χ0v) is 11.4. The second kappa shape index (κ2) is 5.38. The van der Waals surface area contributed by atoms with Gasteiger partial charge < -0.3 is 20.5 Å². The molecule has 2 fully saturated rings. The summed E-state index contributed by atoms with van der Waals surface area (Å²) >= 11 is 0. The molecule has 1 aliphatic carbocycles. The number of anilines is 1. The van der Waals surface area contributed by atoms with Gasteiger partial charge in [0.1, 0.15) is 5.82 Å². The van der Waals surface area contributed by atoms with Crippen molar-refractivity contribution in [2.24, 2.45) is 11.7 Å². The molecule has 20 heavy (non-hydrogen) atoms. The largest absolute Gasteiger partial charge is 0.465 e. The Morgan fingerprint density at radius 3 is 3.25 bits per heavy atom. The zero-order valence-electron chi connectivity index (χ0n) is 11.4. The van der Waals surface area contributed by atoms with E-state index < -0.39 is 0 Å². The van der Waals surface area contributed by atoms with Crippen molar-refractivity contribution < 1.29 is 14.3 Å². The van der Waals surface area contributed by atoms with Gasteiger partial charge in [-0.2, -0.15) is 0 Å². The van der Waals surface area contributed by atoms with E-state index in [9.17, 15) is 4.79 Å². The van der Waals surface area contributed by atoms with E-state index in [1.807, 2.05) is 0 Å². The number of pyridine rings is 1. The molecule has 1 saturated heterocycles. The molecule has 1 saturated carbocycles. The van der Waals surface area contributed by atoms with Crippen molar-refractivity contribution in [2.75, 3.05) is 19.0 Å². The Morgan fingerprint density at radius 1 is 1.60 bits per heavy atom. The summed E-state index contributed by atoms with van der Waals surface area (Å²) in [4.78, 5) is 15.7. The van der Waals surface area contributed by atoms with Crippen LogP contribution in [0.2, 0.25) is 0 Å². The lowest BCUT2D eigenvalue weighted by Gasteiger charge is -2.52. The van der Waals surface area contributed by atoms with E-state index >= 15 is 0 Å². The van der Waals surface area contributed by atoms with Crippen molar-refractivity contribution in [1.29, 1.82) is 0 Å². The molecule has 4 unspecified atom stereocenters. The first-order valence-corrected chi connectivity index (χ1v) is 6.89. The number of nitrogens with one attached hydrogen (secondary N) is 1. The molecule has 0 spiro atoms. The molecular formula is C14H19N3O3. The Kier molecular flexibility index (Phi) is 3.58. The van der Waals surface area contributed by atoms with Gasteiger partial charge in [-0.3, -0.25) is 0 Å². The average Bonchev–Trinajstić information content (AvgIpc) is 2.51. The van der Waals surface area contributed by atoms with Crippen LogP contribution in [0.4, 0.5) is 5.82 Å². The third kappa shape index (κ3) is 2.25. The SMILES string of the molecule is COC(=O)c1ccnc(NC2C(N)C3CCCOC32)c1. The summed E-state index contributed by atoms with van der Waals surface area (Å²) < 4.78 is 10.5. The fourth-order valence-corrected chi connectivity index (χ4v) is 3.05. The van der Waals surface area contributed by atoms with E-state index in [0.29, 0.717) is 17.3 Å². The lowest BCUT2D eigenvalue weighted by Crippen LogP contribution is -2.69. The summed E-state index contributed by atoms with van der Waals surface area (Å²) in [5, 5.41) is 3.28. The predicted octanol–water partition coefficient (Wildman–Crippen LogP) is 0.785. The number of fused-ring (bicyclic) bond motifs is 1. The number of rotatable bonds is 3. The quantitative estimate of drug-likeness (QED) is 0.794. The summed E-state index contributed by atoms with van der Waals surface area (Å²) in [5.41, 5.74) is 6.66. The van der Waals surface area contributed by atoms with Crippen LogP contribution in [0.5, 0.6) is 0 Å². The van der Waals surface area contributed by atoms with Gasteiger partial charge in [0.05, 0.1) is 24.8 Å². The van der Waals surface area contributed by atoms with Gasteiger partial charge in [-0.05, 0) is 25.0 Å². The van der Waals surface area contributed by atoms with E-state index in [4.69, 9.17) is 15.2 Å². The van der Waals surface area contributed by atoms with Gasteiger partial charge >= 0.3 is 5.97 Å². The molecule has 0 bridgehead atoms. The molecule has 1 aliphatic heterocycles. The Bertz CT molecular complexity index is 508. The second-order valence-corrected chi connectivity index (χ2v) is 5.31. The third-order valence-corrected chi connectivity index (χ3v) is 4.17. The van der Waals surface area contributed by atoms with E-state index in [2.05, 4.69) is 10.3 Å². The Morgan fingerprint density at radius 2 is 2.45 bits per heavy atom. The van der Waals surface area contributed by atoms with Gasteiger partial charge in [0.25, 0.3) is 0 Å². The Labute approximate surface area is 117 Å². The molecule has 0 amide bonds. The standard InChI is InChI=1S/C14H19N3O3/c1-19-14(18)8-4-5-16-10(7-8)17-12-11(15)9-3-2-6-20-13(9)12/h4-5,7,9,11-13H,2-3,6,15H2,1H3,(H,16,17). The second-order valence-electron chi connectivity index (χ2n) is 5.31. The van der Waals surface area contributed by atoms with Gasteiger partial charge in [-0.1, -0.05) is 0 Å². The van der Waals surface area contributed by atoms with Gasteiger partial charge in [0, 0.05) is 24.8 Å². The Hall–Kier alpha value is -1.66. The summed E-state index contributed by atoms with van der Waals surface area (Å²) in [5.74, 6) is 0.686. The number of ether oxygens (including phenoxy) is 2. The van der Waals surface area contributed by atoms with Crippen molar-refractivity contribution in [2.45, 2.75) is 31.0 Å². The number of nitrogens with zero attached hydrogens (tertiary/aromatic N) is 1. The maximum atomic E-state index is 11.5. The molecule has 4 atom stereocenters. The molecule has 2 aliphatic rings. The van der Waals surface area contributed by atoms with E-state index in [-0.39, 0.29) is 24.2 Å². The highest BCUT2D eigenvalue weighted by Gasteiger charge is 2.50. The fourth-order valence-electron chi connectivity index (χ4n) is 3.05. The Balaban J connectivity index is 1.70. The maximum Gasteiger partial charge on any atom is 0.338 e. The number of hydrogen-bond donors (Lipinski definition) is 2. The third-order valence-electron chi connectivity index (χ3n) is 4.17. The lowest BCUT2D eigenvalue weighted by molar-refractivity contribution is -0.104. The number of nitrogens with two attached hydrogens (primary N) is 1. The van der Waals surface area contributed by atoms with Gasteiger partial charge in [0.15, 0.2) is 0 Å². The molecule has 1 aromatic rings. The fraction of sp³-hybridized carbons (Fsp3) is 0.571. The maximum absolute atomic E-state index is 11.5. The number of methoxy groups -OCH3 is 1. The topological polar surface area (TPSA) is 86.5 Å². The molecule has 0 aromatic carbocycles. The van der Waals surface area contributed by atoms with E-state index in [1.165, 1.54) is 7.11 Å². The first kappa shape index (κ1) is 13.3. The van der Waals surface area contributed by atoms with Crippen LogP contribution in [0, 0.1) is 5.92 Å². The smallest absolute Gasteiger partial charge is 0.338 e. The van der Waals surface area contributed by atoms with Crippen LogP contribution in [-0.4, -0.2) is 42.9 Å². The van der Waals surface area contributed by atoms with Gasteiger partial charge in [-0.15, -0.1) is 0 Å².